The van der Waals surface area contributed by atoms with Crippen molar-refractivity contribution in [3.63, 3.8) is 0 Å². The zero-order valence-electron chi connectivity index (χ0n) is 12.4. The molecule has 0 aliphatic carbocycles. The molecule has 110 valence electrons. The molecule has 2 rings (SSSR count). The highest BCUT2D eigenvalue weighted by atomic mass is 19.1. The Morgan fingerprint density at radius 2 is 1.53 bits per heavy atom. The van der Waals surface area contributed by atoms with Crippen molar-refractivity contribution in [3.05, 3.63) is 18.2 Å². The van der Waals surface area contributed by atoms with Crippen molar-refractivity contribution in [2.24, 2.45) is 0 Å². The topological polar surface area (TPSA) is 49.3 Å². The molecule has 1 N–H and O–H groups in total. The fourth-order valence-corrected chi connectivity index (χ4v) is 1.56. The Labute approximate surface area is 115 Å². The van der Waals surface area contributed by atoms with Gasteiger partial charge in [-0.3, -0.25) is 0 Å². The first-order chi connectivity index (χ1) is 9.09. The van der Waals surface area contributed by atoms with Gasteiger partial charge in [-0.15, -0.1) is 0 Å². The number of anilines is 1. The van der Waals surface area contributed by atoms with Crippen LogP contribution in [0.15, 0.2) is 12.4 Å². The van der Waals surface area contributed by atoms with E-state index in [-0.39, 0.29) is 11.9 Å². The summed E-state index contributed by atoms with van der Waals surface area (Å²) >= 11 is 0. The van der Waals surface area contributed by atoms with Crippen molar-refractivity contribution >= 4 is 5.95 Å². The summed E-state index contributed by atoms with van der Waals surface area (Å²) in [5.74, 6) is 0.279. The van der Waals surface area contributed by atoms with Gasteiger partial charge in [-0.05, 0) is 33.1 Å². The molecule has 5 heteroatoms. The minimum atomic E-state index is -0.374. The molecule has 1 saturated heterocycles. The predicted molar refractivity (Wildman–Crippen MR) is 76.8 cm³/mol. The predicted octanol–water partition coefficient (Wildman–Crippen LogP) is 3.02. The molecule has 0 aromatic carbocycles. The molecular formula is C14H26FN3O. The van der Waals surface area contributed by atoms with E-state index in [1.807, 2.05) is 13.8 Å². The lowest BCUT2D eigenvalue weighted by molar-refractivity contribution is 0.216. The first kappa shape index (κ1) is 17.8. The van der Waals surface area contributed by atoms with Crippen molar-refractivity contribution in [3.8, 4) is 0 Å². The first-order valence-corrected chi connectivity index (χ1v) is 7.00. The molecule has 1 fully saturated rings. The zero-order valence-corrected chi connectivity index (χ0v) is 12.4. The number of hydrogen-bond donors (Lipinski definition) is 1. The van der Waals surface area contributed by atoms with Crippen LogP contribution < -0.4 is 4.90 Å². The largest absolute Gasteiger partial charge is 0.394 e. The summed E-state index contributed by atoms with van der Waals surface area (Å²) in [5.41, 5.74) is 0. The lowest BCUT2D eigenvalue weighted by Gasteiger charge is -2.26. The Morgan fingerprint density at radius 1 is 1.11 bits per heavy atom. The Bertz CT molecular complexity index is 308. The number of piperidine rings is 1. The summed E-state index contributed by atoms with van der Waals surface area (Å²) in [6, 6.07) is 0. The molecule has 1 aromatic heterocycles. The van der Waals surface area contributed by atoms with Gasteiger partial charge in [0.05, 0.1) is 12.4 Å². The van der Waals surface area contributed by atoms with Gasteiger partial charge >= 0.3 is 0 Å². The van der Waals surface area contributed by atoms with Crippen LogP contribution in [0.25, 0.3) is 0 Å². The molecule has 0 bridgehead atoms. The summed E-state index contributed by atoms with van der Waals surface area (Å²) in [4.78, 5) is 9.98. The van der Waals surface area contributed by atoms with E-state index in [0.717, 1.165) is 13.1 Å². The quantitative estimate of drug-likeness (QED) is 0.853. The summed E-state index contributed by atoms with van der Waals surface area (Å²) in [5, 5.41) is 8.06. The lowest BCUT2D eigenvalue weighted by atomic mass is 10.1. The fraction of sp³-hybridized carbons (Fsp3) is 0.714. The maximum Gasteiger partial charge on any atom is 0.225 e. The summed E-state index contributed by atoms with van der Waals surface area (Å²) < 4.78 is 12.5. The number of aliphatic hydroxyl groups is 1. The first-order valence-electron chi connectivity index (χ1n) is 7.00. The highest BCUT2D eigenvalue weighted by Crippen LogP contribution is 2.14. The van der Waals surface area contributed by atoms with Gasteiger partial charge < -0.3 is 10.0 Å². The number of halogens is 1. The highest BCUT2D eigenvalue weighted by Gasteiger charge is 2.12. The van der Waals surface area contributed by atoms with Crippen LogP contribution in [0.4, 0.5) is 10.3 Å². The number of aliphatic hydroxyl groups excluding tert-OH is 1. The monoisotopic (exact) mass is 271 g/mol. The summed E-state index contributed by atoms with van der Waals surface area (Å²) in [6.07, 6.45) is 5.91. The van der Waals surface area contributed by atoms with E-state index in [2.05, 4.69) is 14.9 Å². The maximum atomic E-state index is 12.5. The zero-order chi connectivity index (χ0) is 14.7. The molecule has 0 unspecified atom stereocenters. The minimum Gasteiger partial charge on any atom is -0.394 e. The highest BCUT2D eigenvalue weighted by molar-refractivity contribution is 5.28. The number of aromatic nitrogens is 2. The SMILES string of the molecule is CC.CC(C)O.Fc1cnc(N2CCCCC2)nc1. The van der Waals surface area contributed by atoms with Crippen LogP contribution in [0.1, 0.15) is 47.0 Å². The molecule has 0 spiro atoms. The maximum absolute atomic E-state index is 12.5. The van der Waals surface area contributed by atoms with E-state index in [9.17, 15) is 4.39 Å². The van der Waals surface area contributed by atoms with Crippen LogP contribution in [0, 0.1) is 5.82 Å². The average molecular weight is 271 g/mol. The van der Waals surface area contributed by atoms with E-state index >= 15 is 0 Å². The molecule has 1 aromatic rings. The van der Waals surface area contributed by atoms with Gasteiger partial charge in [0, 0.05) is 19.2 Å². The Kier molecular flexibility index (Phi) is 9.98. The van der Waals surface area contributed by atoms with Gasteiger partial charge in [0.2, 0.25) is 5.95 Å². The van der Waals surface area contributed by atoms with Crippen molar-refractivity contribution in [2.75, 3.05) is 18.0 Å². The third kappa shape index (κ3) is 8.48. The van der Waals surface area contributed by atoms with E-state index in [1.165, 1.54) is 31.7 Å². The molecule has 0 saturated carbocycles. The molecule has 0 amide bonds. The van der Waals surface area contributed by atoms with E-state index in [0.29, 0.717) is 5.95 Å². The molecule has 1 aliphatic heterocycles. The Balaban J connectivity index is 0.000000467. The third-order valence-corrected chi connectivity index (χ3v) is 2.25. The molecule has 1 aliphatic rings. The van der Waals surface area contributed by atoms with E-state index in [1.54, 1.807) is 13.8 Å². The molecule has 2 heterocycles. The van der Waals surface area contributed by atoms with E-state index in [4.69, 9.17) is 5.11 Å². The van der Waals surface area contributed by atoms with Gasteiger partial charge in [-0.1, -0.05) is 13.8 Å². The number of nitrogens with zero attached hydrogens (tertiary/aromatic N) is 3. The smallest absolute Gasteiger partial charge is 0.225 e. The van der Waals surface area contributed by atoms with Gasteiger partial charge in [0.1, 0.15) is 0 Å². The van der Waals surface area contributed by atoms with Gasteiger partial charge in [0.15, 0.2) is 5.82 Å². The minimum absolute atomic E-state index is 0.167. The Hall–Kier alpha value is -1.23. The molecule has 4 nitrogen and oxygen atoms in total. The second-order valence-electron chi connectivity index (χ2n) is 4.34. The summed E-state index contributed by atoms with van der Waals surface area (Å²) in [7, 11) is 0. The Morgan fingerprint density at radius 3 is 1.95 bits per heavy atom. The van der Waals surface area contributed by atoms with Crippen molar-refractivity contribution < 1.29 is 9.50 Å². The van der Waals surface area contributed by atoms with E-state index < -0.39 is 0 Å². The fourth-order valence-electron chi connectivity index (χ4n) is 1.56. The molecule has 0 atom stereocenters. The normalized spacial score (nSPS) is 14.2. The van der Waals surface area contributed by atoms with Gasteiger partial charge in [-0.25, -0.2) is 14.4 Å². The van der Waals surface area contributed by atoms with Crippen molar-refractivity contribution in [2.45, 2.75) is 53.1 Å². The molecule has 19 heavy (non-hydrogen) atoms. The third-order valence-electron chi connectivity index (χ3n) is 2.25. The van der Waals surface area contributed by atoms with Crippen LogP contribution >= 0.6 is 0 Å². The number of hydrogen-bond acceptors (Lipinski definition) is 4. The van der Waals surface area contributed by atoms with Gasteiger partial charge in [-0.2, -0.15) is 0 Å². The lowest BCUT2D eigenvalue weighted by Crippen LogP contribution is -2.30. The van der Waals surface area contributed by atoms with Gasteiger partial charge in [0.25, 0.3) is 0 Å². The van der Waals surface area contributed by atoms with Crippen LogP contribution in [-0.4, -0.2) is 34.3 Å². The van der Waals surface area contributed by atoms with Crippen LogP contribution in [-0.2, 0) is 0 Å². The van der Waals surface area contributed by atoms with Crippen LogP contribution in [0.2, 0.25) is 0 Å². The molecule has 0 radical (unpaired) electrons. The van der Waals surface area contributed by atoms with Crippen molar-refractivity contribution in [1.82, 2.24) is 9.97 Å². The number of rotatable bonds is 1. The standard InChI is InChI=1S/C9H12FN3.C3H8O.C2H6/c10-8-6-11-9(12-7-8)13-4-2-1-3-5-13;1-3(2)4;1-2/h6-7H,1-5H2;3-4H,1-2H3;1-2H3. The molecular weight excluding hydrogens is 245 g/mol. The average Bonchev–Trinajstić information content (AvgIpc) is 2.42. The second-order valence-corrected chi connectivity index (χ2v) is 4.34. The van der Waals surface area contributed by atoms with Crippen molar-refractivity contribution in [1.29, 1.82) is 0 Å². The summed E-state index contributed by atoms with van der Waals surface area (Å²) in [6.45, 7) is 9.43. The second kappa shape index (κ2) is 10.7. The van der Waals surface area contributed by atoms with Crippen LogP contribution in [0.5, 0.6) is 0 Å². The van der Waals surface area contributed by atoms with Crippen LogP contribution in [0.3, 0.4) is 0 Å².